The third-order valence-corrected chi connectivity index (χ3v) is 3.36. The van der Waals surface area contributed by atoms with Crippen LogP contribution in [0.3, 0.4) is 0 Å². The van der Waals surface area contributed by atoms with E-state index in [9.17, 15) is 5.11 Å². The van der Waals surface area contributed by atoms with Crippen LogP contribution in [0.4, 0.5) is 0 Å². The predicted octanol–water partition coefficient (Wildman–Crippen LogP) is 0.592. The molecule has 1 heterocycles. The molecule has 2 nitrogen and oxygen atoms in total. The van der Waals surface area contributed by atoms with E-state index < -0.39 is 5.60 Å². The van der Waals surface area contributed by atoms with Gasteiger partial charge in [-0.1, -0.05) is 6.92 Å². The monoisotopic (exact) mass is 161 g/mol. The zero-order valence-electron chi connectivity index (χ0n) is 6.34. The minimum Gasteiger partial charge on any atom is -0.387 e. The maximum atomic E-state index is 9.81. The Morgan fingerprint density at radius 2 is 2.50 bits per heavy atom. The van der Waals surface area contributed by atoms with E-state index in [1.54, 1.807) is 11.8 Å². The molecular formula is C7H15NOS. The van der Waals surface area contributed by atoms with Crippen LogP contribution in [0.2, 0.25) is 0 Å². The minimum atomic E-state index is -0.556. The summed E-state index contributed by atoms with van der Waals surface area (Å²) in [6.45, 7) is 2.02. The maximum absolute atomic E-state index is 9.81. The van der Waals surface area contributed by atoms with Gasteiger partial charge in [-0.3, -0.25) is 0 Å². The number of hydrogen-bond acceptors (Lipinski definition) is 3. The molecule has 3 heteroatoms. The fraction of sp³-hybridized carbons (Fsp3) is 1.00. The molecule has 10 heavy (non-hydrogen) atoms. The van der Waals surface area contributed by atoms with Crippen LogP contribution in [0.1, 0.15) is 19.8 Å². The van der Waals surface area contributed by atoms with E-state index in [0.717, 1.165) is 24.3 Å². The molecule has 1 aliphatic heterocycles. The molecule has 0 aromatic heterocycles. The Labute approximate surface area is 66.2 Å². The van der Waals surface area contributed by atoms with E-state index in [1.807, 2.05) is 6.92 Å². The number of hydrogen-bond donors (Lipinski definition) is 2. The Balaban J connectivity index is 2.49. The van der Waals surface area contributed by atoms with Crippen LogP contribution in [0.15, 0.2) is 0 Å². The van der Waals surface area contributed by atoms with Crippen molar-refractivity contribution in [2.24, 2.45) is 5.73 Å². The lowest BCUT2D eigenvalue weighted by atomic mass is 9.93. The molecule has 1 rings (SSSR count). The summed E-state index contributed by atoms with van der Waals surface area (Å²) in [4.78, 5) is 0. The van der Waals surface area contributed by atoms with Gasteiger partial charge in [0.25, 0.3) is 0 Å². The second-order valence-electron chi connectivity index (χ2n) is 2.92. The van der Waals surface area contributed by atoms with Crippen LogP contribution < -0.4 is 5.73 Å². The Hall–Kier alpha value is 0.270. The Morgan fingerprint density at radius 3 is 2.90 bits per heavy atom. The Kier molecular flexibility index (Phi) is 2.61. The topological polar surface area (TPSA) is 46.2 Å². The third-order valence-electron chi connectivity index (χ3n) is 2.16. The normalized spacial score (nSPS) is 36.3. The van der Waals surface area contributed by atoms with Gasteiger partial charge in [0, 0.05) is 11.8 Å². The van der Waals surface area contributed by atoms with Gasteiger partial charge in [0.1, 0.15) is 0 Å². The van der Waals surface area contributed by atoms with Crippen molar-refractivity contribution in [3.63, 3.8) is 0 Å². The second kappa shape index (κ2) is 3.11. The minimum absolute atomic E-state index is 0.0255. The van der Waals surface area contributed by atoms with E-state index in [0.29, 0.717) is 0 Å². The van der Waals surface area contributed by atoms with Crippen LogP contribution in [0.25, 0.3) is 0 Å². The van der Waals surface area contributed by atoms with E-state index >= 15 is 0 Å². The summed E-state index contributed by atoms with van der Waals surface area (Å²) in [5.74, 6) is 1.88. The van der Waals surface area contributed by atoms with Crippen LogP contribution in [0, 0.1) is 0 Å². The van der Waals surface area contributed by atoms with Crippen molar-refractivity contribution in [3.05, 3.63) is 0 Å². The molecule has 0 bridgehead atoms. The lowest BCUT2D eigenvalue weighted by molar-refractivity contribution is 0.0393. The van der Waals surface area contributed by atoms with Crippen molar-refractivity contribution >= 4 is 11.8 Å². The average Bonchev–Trinajstić information content (AvgIpc) is 2.36. The van der Waals surface area contributed by atoms with Gasteiger partial charge in [0.15, 0.2) is 0 Å². The first-order valence-corrected chi connectivity index (χ1v) is 4.90. The van der Waals surface area contributed by atoms with Crippen molar-refractivity contribution in [1.82, 2.24) is 0 Å². The maximum Gasteiger partial charge on any atom is 0.0895 e. The molecule has 0 aromatic rings. The highest BCUT2D eigenvalue weighted by molar-refractivity contribution is 7.99. The molecule has 60 valence electrons. The largest absolute Gasteiger partial charge is 0.387 e. The molecule has 1 fully saturated rings. The van der Waals surface area contributed by atoms with Crippen molar-refractivity contribution < 1.29 is 5.11 Å². The zero-order chi connectivity index (χ0) is 7.61. The predicted molar refractivity (Wildman–Crippen MR) is 45.2 cm³/mol. The standard InChI is InChI=1S/C7H15NOS/c1-2-6(8)7(9)3-4-10-5-7/h6,9H,2-5,8H2,1H3. The average molecular weight is 161 g/mol. The van der Waals surface area contributed by atoms with Gasteiger partial charge in [0.05, 0.1) is 5.60 Å². The summed E-state index contributed by atoms with van der Waals surface area (Å²) in [5.41, 5.74) is 5.19. The Morgan fingerprint density at radius 1 is 1.80 bits per heavy atom. The molecule has 3 N–H and O–H groups in total. The van der Waals surface area contributed by atoms with E-state index in [2.05, 4.69) is 0 Å². The van der Waals surface area contributed by atoms with Crippen molar-refractivity contribution in [3.8, 4) is 0 Å². The molecule has 0 spiro atoms. The van der Waals surface area contributed by atoms with Crippen LogP contribution in [0.5, 0.6) is 0 Å². The molecule has 0 saturated carbocycles. The third kappa shape index (κ3) is 1.47. The highest BCUT2D eigenvalue weighted by Gasteiger charge is 2.36. The molecule has 1 saturated heterocycles. The molecule has 0 aliphatic carbocycles. The molecule has 2 unspecified atom stereocenters. The zero-order valence-corrected chi connectivity index (χ0v) is 7.16. The lowest BCUT2D eigenvalue weighted by Gasteiger charge is -2.27. The van der Waals surface area contributed by atoms with Crippen LogP contribution in [-0.4, -0.2) is 28.3 Å². The van der Waals surface area contributed by atoms with Crippen LogP contribution in [-0.2, 0) is 0 Å². The summed E-state index contributed by atoms with van der Waals surface area (Å²) in [7, 11) is 0. The summed E-state index contributed by atoms with van der Waals surface area (Å²) in [6.07, 6.45) is 1.74. The van der Waals surface area contributed by atoms with E-state index in [4.69, 9.17) is 5.73 Å². The first kappa shape index (κ1) is 8.37. The number of rotatable bonds is 2. The smallest absolute Gasteiger partial charge is 0.0895 e. The van der Waals surface area contributed by atoms with Gasteiger partial charge in [-0.15, -0.1) is 0 Å². The van der Waals surface area contributed by atoms with Crippen molar-refractivity contribution in [2.45, 2.75) is 31.4 Å². The fourth-order valence-corrected chi connectivity index (χ4v) is 2.60. The molecule has 2 atom stereocenters. The first-order chi connectivity index (χ1) is 4.69. The van der Waals surface area contributed by atoms with E-state index in [1.165, 1.54) is 0 Å². The molecule has 0 radical (unpaired) electrons. The van der Waals surface area contributed by atoms with Gasteiger partial charge in [-0.2, -0.15) is 11.8 Å². The highest BCUT2D eigenvalue weighted by atomic mass is 32.2. The summed E-state index contributed by atoms with van der Waals surface area (Å²) < 4.78 is 0. The molecular weight excluding hydrogens is 146 g/mol. The highest BCUT2D eigenvalue weighted by Crippen LogP contribution is 2.30. The van der Waals surface area contributed by atoms with Gasteiger partial charge in [-0.25, -0.2) is 0 Å². The lowest BCUT2D eigenvalue weighted by Crippen LogP contribution is -2.47. The summed E-state index contributed by atoms with van der Waals surface area (Å²) in [5, 5.41) is 9.81. The molecule has 1 aliphatic rings. The SMILES string of the molecule is CCC(N)C1(O)CCSC1. The van der Waals surface area contributed by atoms with Gasteiger partial charge in [-0.05, 0) is 18.6 Å². The summed E-state index contributed by atoms with van der Waals surface area (Å²) >= 11 is 1.79. The molecule has 0 amide bonds. The quantitative estimate of drug-likeness (QED) is 0.623. The van der Waals surface area contributed by atoms with Crippen LogP contribution >= 0.6 is 11.8 Å². The summed E-state index contributed by atoms with van der Waals surface area (Å²) in [6, 6.07) is -0.0255. The van der Waals surface area contributed by atoms with Crippen molar-refractivity contribution in [2.75, 3.05) is 11.5 Å². The van der Waals surface area contributed by atoms with E-state index in [-0.39, 0.29) is 6.04 Å². The Bertz CT molecular complexity index is 112. The van der Waals surface area contributed by atoms with Gasteiger partial charge >= 0.3 is 0 Å². The number of nitrogens with two attached hydrogens (primary N) is 1. The van der Waals surface area contributed by atoms with Gasteiger partial charge < -0.3 is 10.8 Å². The second-order valence-corrected chi connectivity index (χ2v) is 4.03. The first-order valence-electron chi connectivity index (χ1n) is 3.75. The van der Waals surface area contributed by atoms with Crippen molar-refractivity contribution in [1.29, 1.82) is 0 Å². The number of aliphatic hydroxyl groups is 1. The van der Waals surface area contributed by atoms with Gasteiger partial charge in [0.2, 0.25) is 0 Å². The fourth-order valence-electron chi connectivity index (χ4n) is 1.24. The molecule has 0 aromatic carbocycles. The number of thioether (sulfide) groups is 1.